The van der Waals surface area contributed by atoms with Gasteiger partial charge in [-0.15, -0.1) is 0 Å². The van der Waals surface area contributed by atoms with Crippen molar-refractivity contribution < 1.29 is 41.4 Å². The van der Waals surface area contributed by atoms with Crippen molar-refractivity contribution in [3.8, 4) is 11.5 Å². The number of ether oxygens (including phenoxy) is 1. The van der Waals surface area contributed by atoms with Crippen molar-refractivity contribution in [2.75, 3.05) is 26.8 Å². The summed E-state index contributed by atoms with van der Waals surface area (Å²) >= 11 is 0. The van der Waals surface area contributed by atoms with Gasteiger partial charge in [0.1, 0.15) is 12.1 Å². The van der Waals surface area contributed by atoms with Gasteiger partial charge in [-0.1, -0.05) is 0 Å². The summed E-state index contributed by atoms with van der Waals surface area (Å²) in [5.41, 5.74) is 0.416. The number of benzene rings is 1. The standard InChI is InChI=1S/C17H20FN3O3.C2HF3O2/c1-23-11-17(6-8-19-9-7-17)21-15(22)14-10-24-16(20-14)12-2-4-13(18)5-3-12;3-2(4,5)1(6)7/h2-5,10,19H,6-9,11H2,1H3,(H,21,22);(H,6,7). The lowest BCUT2D eigenvalue weighted by molar-refractivity contribution is -0.192. The van der Waals surface area contributed by atoms with E-state index >= 15 is 0 Å². The van der Waals surface area contributed by atoms with Crippen molar-refractivity contribution in [2.24, 2.45) is 0 Å². The lowest BCUT2D eigenvalue weighted by atomic mass is 9.89. The molecule has 3 rings (SSSR count). The third kappa shape index (κ3) is 7.03. The molecule has 0 radical (unpaired) electrons. The van der Waals surface area contributed by atoms with E-state index in [2.05, 4.69) is 15.6 Å². The molecule has 31 heavy (non-hydrogen) atoms. The number of carboxylic acid groups (broad SMARTS) is 1. The van der Waals surface area contributed by atoms with E-state index in [4.69, 9.17) is 19.1 Å². The largest absolute Gasteiger partial charge is 0.490 e. The van der Waals surface area contributed by atoms with E-state index in [0.717, 1.165) is 25.9 Å². The van der Waals surface area contributed by atoms with E-state index in [0.29, 0.717) is 12.2 Å². The SMILES string of the molecule is COCC1(NC(=O)c2coc(-c3ccc(F)cc3)n2)CCNCC1.O=C(O)C(F)(F)F. The van der Waals surface area contributed by atoms with Gasteiger partial charge in [-0.05, 0) is 50.2 Å². The van der Waals surface area contributed by atoms with Gasteiger partial charge in [-0.2, -0.15) is 13.2 Å². The first-order chi connectivity index (χ1) is 14.6. The zero-order valence-corrected chi connectivity index (χ0v) is 16.5. The number of amides is 1. The van der Waals surface area contributed by atoms with E-state index in [9.17, 15) is 22.4 Å². The number of carbonyl (C=O) groups excluding carboxylic acids is 1. The number of hydrogen-bond donors (Lipinski definition) is 3. The van der Waals surface area contributed by atoms with Crippen molar-refractivity contribution in [3.63, 3.8) is 0 Å². The maximum atomic E-state index is 13.0. The highest BCUT2D eigenvalue weighted by Gasteiger charge is 2.38. The van der Waals surface area contributed by atoms with Crippen LogP contribution in [0, 0.1) is 5.82 Å². The normalized spacial score (nSPS) is 15.5. The van der Waals surface area contributed by atoms with Crippen molar-refractivity contribution in [1.29, 1.82) is 0 Å². The van der Waals surface area contributed by atoms with E-state index in [1.807, 2.05) is 0 Å². The van der Waals surface area contributed by atoms with Crippen LogP contribution >= 0.6 is 0 Å². The summed E-state index contributed by atoms with van der Waals surface area (Å²) in [6.45, 7) is 2.09. The monoisotopic (exact) mass is 447 g/mol. The summed E-state index contributed by atoms with van der Waals surface area (Å²) < 4.78 is 55.4. The van der Waals surface area contributed by atoms with E-state index in [1.54, 1.807) is 19.2 Å². The third-order valence-electron chi connectivity index (χ3n) is 4.43. The van der Waals surface area contributed by atoms with Crippen LogP contribution in [0.5, 0.6) is 0 Å². The molecule has 12 heteroatoms. The van der Waals surface area contributed by atoms with Crippen LogP contribution in [0.4, 0.5) is 17.6 Å². The molecule has 2 heterocycles. The Hall–Kier alpha value is -2.99. The molecule has 0 aliphatic carbocycles. The fourth-order valence-electron chi connectivity index (χ4n) is 2.89. The smallest absolute Gasteiger partial charge is 0.475 e. The first kappa shape index (κ1) is 24.3. The molecule has 0 unspecified atom stereocenters. The Balaban J connectivity index is 0.000000423. The summed E-state index contributed by atoms with van der Waals surface area (Å²) in [5, 5.41) is 13.4. The molecule has 1 aromatic heterocycles. The molecule has 0 saturated carbocycles. The van der Waals surface area contributed by atoms with Gasteiger partial charge < -0.3 is 24.9 Å². The Bertz CT molecular complexity index is 872. The molecular weight excluding hydrogens is 426 g/mol. The number of rotatable bonds is 5. The van der Waals surface area contributed by atoms with Crippen molar-refractivity contribution in [3.05, 3.63) is 42.0 Å². The highest BCUT2D eigenvalue weighted by molar-refractivity contribution is 5.93. The van der Waals surface area contributed by atoms with Crippen LogP contribution in [-0.2, 0) is 9.53 Å². The van der Waals surface area contributed by atoms with Gasteiger partial charge in [-0.3, -0.25) is 4.79 Å². The molecule has 1 aliphatic rings. The Morgan fingerprint density at radius 1 is 1.26 bits per heavy atom. The Morgan fingerprint density at radius 3 is 2.35 bits per heavy atom. The zero-order chi connectivity index (χ0) is 23.1. The summed E-state index contributed by atoms with van der Waals surface area (Å²) in [6, 6.07) is 5.76. The molecule has 1 saturated heterocycles. The number of piperidine rings is 1. The molecular formula is C19H21F4N3O5. The first-order valence-electron chi connectivity index (χ1n) is 9.10. The van der Waals surface area contributed by atoms with E-state index in [1.165, 1.54) is 18.4 Å². The number of aromatic nitrogens is 1. The van der Waals surface area contributed by atoms with Crippen molar-refractivity contribution in [2.45, 2.75) is 24.6 Å². The summed E-state index contributed by atoms with van der Waals surface area (Å²) in [5.74, 6) is -3.11. The second-order valence-corrected chi connectivity index (χ2v) is 6.77. The predicted octanol–water partition coefficient (Wildman–Crippen LogP) is 2.61. The number of nitrogens with one attached hydrogen (secondary N) is 2. The van der Waals surface area contributed by atoms with Crippen LogP contribution in [0.2, 0.25) is 0 Å². The molecule has 1 amide bonds. The van der Waals surface area contributed by atoms with Crippen LogP contribution in [0.1, 0.15) is 23.3 Å². The summed E-state index contributed by atoms with van der Waals surface area (Å²) in [6.07, 6.45) is -2.19. The molecule has 3 N–H and O–H groups in total. The third-order valence-corrected chi connectivity index (χ3v) is 4.43. The molecule has 1 aromatic carbocycles. The predicted molar refractivity (Wildman–Crippen MR) is 99.8 cm³/mol. The number of oxazole rings is 1. The van der Waals surface area contributed by atoms with Crippen LogP contribution in [0.3, 0.4) is 0 Å². The molecule has 1 fully saturated rings. The number of carbonyl (C=O) groups is 2. The maximum Gasteiger partial charge on any atom is 0.490 e. The molecule has 0 spiro atoms. The molecule has 2 aromatic rings. The molecule has 170 valence electrons. The fraction of sp³-hybridized carbons (Fsp3) is 0.421. The topological polar surface area (TPSA) is 114 Å². The van der Waals surface area contributed by atoms with Gasteiger partial charge >= 0.3 is 12.1 Å². The van der Waals surface area contributed by atoms with Crippen LogP contribution in [0.25, 0.3) is 11.5 Å². The van der Waals surface area contributed by atoms with Crippen LogP contribution in [0.15, 0.2) is 34.9 Å². The number of nitrogens with zero attached hydrogens (tertiary/aromatic N) is 1. The quantitative estimate of drug-likeness (QED) is 0.604. The first-order valence-corrected chi connectivity index (χ1v) is 9.10. The van der Waals surface area contributed by atoms with E-state index < -0.39 is 17.7 Å². The number of hydrogen-bond acceptors (Lipinski definition) is 6. The second-order valence-electron chi connectivity index (χ2n) is 6.77. The fourth-order valence-corrected chi connectivity index (χ4v) is 2.89. The van der Waals surface area contributed by atoms with Gasteiger partial charge in [0.15, 0.2) is 5.69 Å². The number of alkyl halides is 3. The Morgan fingerprint density at radius 2 is 1.84 bits per heavy atom. The Labute approximate surface area is 174 Å². The van der Waals surface area contributed by atoms with Gasteiger partial charge in [0.05, 0.1) is 12.1 Å². The lowest BCUT2D eigenvalue weighted by Crippen LogP contribution is -2.57. The van der Waals surface area contributed by atoms with Crippen LogP contribution < -0.4 is 10.6 Å². The molecule has 1 aliphatic heterocycles. The molecule has 0 bridgehead atoms. The van der Waals surface area contributed by atoms with Gasteiger partial charge in [0, 0.05) is 12.7 Å². The van der Waals surface area contributed by atoms with Gasteiger partial charge in [-0.25, -0.2) is 14.2 Å². The minimum atomic E-state index is -5.08. The zero-order valence-electron chi connectivity index (χ0n) is 16.5. The highest BCUT2D eigenvalue weighted by Crippen LogP contribution is 2.22. The number of carboxylic acids is 1. The summed E-state index contributed by atoms with van der Waals surface area (Å²) in [4.78, 5) is 25.6. The van der Waals surface area contributed by atoms with Crippen molar-refractivity contribution in [1.82, 2.24) is 15.6 Å². The summed E-state index contributed by atoms with van der Waals surface area (Å²) in [7, 11) is 1.62. The Kier molecular flexibility index (Phi) is 8.11. The molecule has 8 nitrogen and oxygen atoms in total. The number of aliphatic carboxylic acids is 1. The average Bonchev–Trinajstić information content (AvgIpc) is 3.19. The molecule has 0 atom stereocenters. The number of halogens is 4. The minimum Gasteiger partial charge on any atom is -0.475 e. The van der Waals surface area contributed by atoms with Gasteiger partial charge in [0.25, 0.3) is 5.91 Å². The van der Waals surface area contributed by atoms with E-state index in [-0.39, 0.29) is 23.3 Å². The highest BCUT2D eigenvalue weighted by atomic mass is 19.4. The van der Waals surface area contributed by atoms with Crippen molar-refractivity contribution >= 4 is 11.9 Å². The second kappa shape index (κ2) is 10.4. The minimum absolute atomic E-state index is 0.198. The maximum absolute atomic E-state index is 13.0. The van der Waals surface area contributed by atoms with Crippen LogP contribution in [-0.4, -0.2) is 60.5 Å². The number of methoxy groups -OCH3 is 1. The average molecular weight is 447 g/mol. The van der Waals surface area contributed by atoms with Gasteiger partial charge in [0.2, 0.25) is 5.89 Å². The lowest BCUT2D eigenvalue weighted by Gasteiger charge is -2.37.